The molecule has 2 aromatic rings. The third-order valence-corrected chi connectivity index (χ3v) is 4.45. The van der Waals surface area contributed by atoms with Gasteiger partial charge in [-0.15, -0.1) is 0 Å². The molecule has 3 rings (SSSR count). The van der Waals surface area contributed by atoms with Crippen molar-refractivity contribution in [2.75, 3.05) is 31.1 Å². The largest absolute Gasteiger partial charge is 0.369 e. The highest BCUT2D eigenvalue weighted by atomic mass is 19.1. The van der Waals surface area contributed by atoms with Gasteiger partial charge in [-0.3, -0.25) is 9.69 Å². The summed E-state index contributed by atoms with van der Waals surface area (Å²) in [5.41, 5.74) is 7.87. The number of nitrogens with two attached hydrogens (primary N) is 1. The predicted molar refractivity (Wildman–Crippen MR) is 93.6 cm³/mol. The van der Waals surface area contributed by atoms with Crippen LogP contribution in [0.4, 0.5) is 10.1 Å². The SMILES string of the molecule is N#Cc1cc(CN2CCN(c3ccc(C(N)=O)cc3)CC2)ccc1F. The van der Waals surface area contributed by atoms with Crippen LogP contribution in [0.3, 0.4) is 0 Å². The number of piperazine rings is 1. The van der Waals surface area contributed by atoms with Crippen molar-refractivity contribution in [1.29, 1.82) is 5.26 Å². The van der Waals surface area contributed by atoms with Crippen molar-refractivity contribution in [3.63, 3.8) is 0 Å². The van der Waals surface area contributed by atoms with Crippen molar-refractivity contribution < 1.29 is 9.18 Å². The van der Waals surface area contributed by atoms with Gasteiger partial charge < -0.3 is 10.6 Å². The molecule has 5 nitrogen and oxygen atoms in total. The van der Waals surface area contributed by atoms with E-state index in [9.17, 15) is 9.18 Å². The highest BCUT2D eigenvalue weighted by molar-refractivity contribution is 5.93. The molecule has 0 saturated carbocycles. The molecule has 0 atom stereocenters. The monoisotopic (exact) mass is 338 g/mol. The zero-order valence-corrected chi connectivity index (χ0v) is 13.8. The highest BCUT2D eigenvalue weighted by Crippen LogP contribution is 2.19. The Morgan fingerprint density at radius 1 is 1.12 bits per heavy atom. The maximum absolute atomic E-state index is 13.4. The van der Waals surface area contributed by atoms with Gasteiger partial charge in [-0.1, -0.05) is 6.07 Å². The number of rotatable bonds is 4. The van der Waals surface area contributed by atoms with Crippen LogP contribution >= 0.6 is 0 Å². The van der Waals surface area contributed by atoms with E-state index in [1.165, 1.54) is 6.07 Å². The first-order chi connectivity index (χ1) is 12.1. The molecule has 0 aromatic heterocycles. The number of amides is 1. The number of benzene rings is 2. The summed E-state index contributed by atoms with van der Waals surface area (Å²) >= 11 is 0. The van der Waals surface area contributed by atoms with Crippen molar-refractivity contribution >= 4 is 11.6 Å². The molecule has 0 bridgehead atoms. The van der Waals surface area contributed by atoms with Gasteiger partial charge in [-0.25, -0.2) is 4.39 Å². The Balaban J connectivity index is 1.58. The smallest absolute Gasteiger partial charge is 0.248 e. The molecule has 0 unspecified atom stereocenters. The summed E-state index contributed by atoms with van der Waals surface area (Å²) in [6.45, 7) is 4.17. The van der Waals surface area contributed by atoms with E-state index in [4.69, 9.17) is 11.0 Å². The van der Waals surface area contributed by atoms with E-state index in [0.717, 1.165) is 37.4 Å². The Morgan fingerprint density at radius 3 is 2.40 bits per heavy atom. The molecule has 1 fully saturated rings. The molecule has 2 N–H and O–H groups in total. The van der Waals surface area contributed by atoms with Crippen molar-refractivity contribution in [2.45, 2.75) is 6.54 Å². The van der Waals surface area contributed by atoms with E-state index in [1.807, 2.05) is 18.2 Å². The van der Waals surface area contributed by atoms with Crippen LogP contribution in [0.15, 0.2) is 42.5 Å². The summed E-state index contributed by atoms with van der Waals surface area (Å²) in [6.07, 6.45) is 0. The van der Waals surface area contributed by atoms with Gasteiger partial charge in [0.25, 0.3) is 0 Å². The number of anilines is 1. The minimum absolute atomic E-state index is 0.0886. The maximum Gasteiger partial charge on any atom is 0.248 e. The third kappa shape index (κ3) is 3.95. The van der Waals surface area contributed by atoms with Crippen molar-refractivity contribution in [2.24, 2.45) is 5.73 Å². The standard InChI is InChI=1S/C19H19FN4O/c20-18-6-1-14(11-16(18)12-21)13-23-7-9-24(10-8-23)17-4-2-15(3-5-17)19(22)25/h1-6,11H,7-10,13H2,(H2,22,25). The molecule has 1 aliphatic heterocycles. The van der Waals surface area contributed by atoms with Gasteiger partial charge in [0.05, 0.1) is 5.56 Å². The predicted octanol–water partition coefficient (Wildman–Crippen LogP) is 2.12. The number of primary amides is 1. The normalized spacial score (nSPS) is 15.0. The van der Waals surface area contributed by atoms with Gasteiger partial charge in [0.1, 0.15) is 11.9 Å². The van der Waals surface area contributed by atoms with Gasteiger partial charge in [-0.2, -0.15) is 5.26 Å². The Hall–Kier alpha value is -2.91. The van der Waals surface area contributed by atoms with Gasteiger partial charge in [0.2, 0.25) is 5.91 Å². The number of nitriles is 1. The number of hydrogen-bond acceptors (Lipinski definition) is 4. The van der Waals surface area contributed by atoms with E-state index in [-0.39, 0.29) is 5.56 Å². The number of carbonyl (C=O) groups is 1. The van der Waals surface area contributed by atoms with Gasteiger partial charge in [-0.05, 0) is 42.0 Å². The van der Waals surface area contributed by atoms with Crippen LogP contribution in [0.25, 0.3) is 0 Å². The maximum atomic E-state index is 13.4. The van der Waals surface area contributed by atoms with Crippen LogP contribution in [0, 0.1) is 17.1 Å². The lowest BCUT2D eigenvalue weighted by Gasteiger charge is -2.36. The third-order valence-electron chi connectivity index (χ3n) is 4.45. The lowest BCUT2D eigenvalue weighted by atomic mass is 10.1. The highest BCUT2D eigenvalue weighted by Gasteiger charge is 2.18. The second-order valence-corrected chi connectivity index (χ2v) is 6.10. The zero-order chi connectivity index (χ0) is 17.8. The first-order valence-electron chi connectivity index (χ1n) is 8.12. The zero-order valence-electron chi connectivity index (χ0n) is 13.8. The molecule has 25 heavy (non-hydrogen) atoms. The Kier molecular flexibility index (Phi) is 4.96. The molecule has 1 amide bonds. The van der Waals surface area contributed by atoms with Crippen LogP contribution in [-0.4, -0.2) is 37.0 Å². The minimum Gasteiger partial charge on any atom is -0.369 e. The minimum atomic E-state index is -0.476. The number of halogens is 1. The van der Waals surface area contributed by atoms with E-state index >= 15 is 0 Å². The fourth-order valence-corrected chi connectivity index (χ4v) is 3.02. The van der Waals surface area contributed by atoms with E-state index < -0.39 is 11.7 Å². The molecule has 2 aromatic carbocycles. The summed E-state index contributed by atoms with van der Waals surface area (Å²) in [6, 6.07) is 13.9. The van der Waals surface area contributed by atoms with Crippen LogP contribution in [0.1, 0.15) is 21.5 Å². The topological polar surface area (TPSA) is 73.4 Å². The summed E-state index contributed by atoms with van der Waals surface area (Å²) in [7, 11) is 0. The first kappa shape index (κ1) is 16.9. The van der Waals surface area contributed by atoms with E-state index in [2.05, 4.69) is 9.80 Å². The molecule has 0 aliphatic carbocycles. The molecule has 1 aliphatic rings. The lowest BCUT2D eigenvalue weighted by Crippen LogP contribution is -2.46. The van der Waals surface area contributed by atoms with Crippen molar-refractivity contribution in [3.05, 3.63) is 65.0 Å². The van der Waals surface area contributed by atoms with E-state index in [0.29, 0.717) is 12.1 Å². The molecule has 0 radical (unpaired) electrons. The molecule has 0 spiro atoms. The van der Waals surface area contributed by atoms with Gasteiger partial charge in [0, 0.05) is 44.0 Å². The first-order valence-corrected chi connectivity index (χ1v) is 8.12. The van der Waals surface area contributed by atoms with Gasteiger partial charge in [0.15, 0.2) is 0 Å². The molecule has 1 saturated heterocycles. The molecule has 128 valence electrons. The molecular weight excluding hydrogens is 319 g/mol. The summed E-state index contributed by atoms with van der Waals surface area (Å²) in [4.78, 5) is 15.7. The number of hydrogen-bond donors (Lipinski definition) is 1. The van der Waals surface area contributed by atoms with Crippen LogP contribution in [0.5, 0.6) is 0 Å². The molecule has 6 heteroatoms. The number of carbonyl (C=O) groups excluding carboxylic acids is 1. The summed E-state index contributed by atoms with van der Waals surface area (Å²) in [5, 5.41) is 8.92. The average molecular weight is 338 g/mol. The molecule has 1 heterocycles. The fourth-order valence-electron chi connectivity index (χ4n) is 3.02. The Morgan fingerprint density at radius 2 is 1.80 bits per heavy atom. The quantitative estimate of drug-likeness (QED) is 0.927. The van der Waals surface area contributed by atoms with Gasteiger partial charge >= 0.3 is 0 Å². The van der Waals surface area contributed by atoms with E-state index in [1.54, 1.807) is 24.3 Å². The average Bonchev–Trinajstić information content (AvgIpc) is 2.64. The van der Waals surface area contributed by atoms with Crippen LogP contribution in [-0.2, 0) is 6.54 Å². The fraction of sp³-hybridized carbons (Fsp3) is 0.263. The van der Waals surface area contributed by atoms with Crippen molar-refractivity contribution in [3.8, 4) is 6.07 Å². The summed E-state index contributed by atoms with van der Waals surface area (Å²) in [5.74, 6) is -0.900. The second-order valence-electron chi connectivity index (χ2n) is 6.10. The number of nitrogens with zero attached hydrogens (tertiary/aromatic N) is 3. The summed E-state index contributed by atoms with van der Waals surface area (Å²) < 4.78 is 13.4. The molecular formula is C19H19FN4O. The van der Waals surface area contributed by atoms with Crippen molar-refractivity contribution in [1.82, 2.24) is 4.90 Å². The Bertz CT molecular complexity index is 805. The Labute approximate surface area is 146 Å². The van der Waals surface area contributed by atoms with Crippen LogP contribution in [0.2, 0.25) is 0 Å². The lowest BCUT2D eigenvalue weighted by molar-refractivity contribution is 0.100. The van der Waals surface area contributed by atoms with Crippen LogP contribution < -0.4 is 10.6 Å². The second kappa shape index (κ2) is 7.32.